The van der Waals surface area contributed by atoms with Crippen molar-refractivity contribution in [1.29, 1.82) is 0 Å². The zero-order valence-corrected chi connectivity index (χ0v) is 13.1. The van der Waals surface area contributed by atoms with E-state index in [1.165, 1.54) is 4.88 Å². The number of benzene rings is 1. The molecule has 22 heavy (non-hydrogen) atoms. The van der Waals surface area contributed by atoms with E-state index >= 15 is 0 Å². The van der Waals surface area contributed by atoms with Crippen LogP contribution in [0.1, 0.15) is 10.4 Å². The van der Waals surface area contributed by atoms with Gasteiger partial charge >= 0.3 is 0 Å². The number of nitrogens with one attached hydrogen (secondary N) is 1. The maximum Gasteiger partial charge on any atom is 0.227 e. The number of aromatic nitrogens is 1. The average Bonchev–Trinajstić information content (AvgIpc) is 3.17. The van der Waals surface area contributed by atoms with E-state index in [1.54, 1.807) is 17.4 Å². The van der Waals surface area contributed by atoms with E-state index < -0.39 is 0 Å². The Bertz CT molecular complexity index is 773. The molecule has 0 saturated heterocycles. The molecule has 0 saturated carbocycles. The molecule has 0 unspecified atom stereocenters. The molecule has 2 aromatic heterocycles. The smallest absolute Gasteiger partial charge is 0.227 e. The monoisotopic (exact) mass is 310 g/mol. The lowest BCUT2D eigenvalue weighted by molar-refractivity contribution is -0.130. The van der Waals surface area contributed by atoms with Crippen molar-refractivity contribution < 1.29 is 4.79 Å². The molecule has 0 radical (unpaired) electrons. The Morgan fingerprint density at radius 1 is 1.27 bits per heavy atom. The first-order valence-corrected chi connectivity index (χ1v) is 8.12. The van der Waals surface area contributed by atoms with Crippen LogP contribution >= 0.6 is 11.3 Å². The topological polar surface area (TPSA) is 36.1 Å². The summed E-state index contributed by atoms with van der Waals surface area (Å²) >= 11 is 1.67. The molecule has 0 fully saturated rings. The Kier molecular flexibility index (Phi) is 4.39. The lowest BCUT2D eigenvalue weighted by atomic mass is 10.1. The number of hydrogen-bond donors (Lipinski definition) is 1. The highest BCUT2D eigenvalue weighted by Crippen LogP contribution is 2.19. The van der Waals surface area contributed by atoms with Crippen LogP contribution in [-0.2, 0) is 17.8 Å². The Balaban J connectivity index is 1.77. The molecule has 0 aliphatic heterocycles. The Morgan fingerprint density at radius 3 is 2.91 bits per heavy atom. The molecule has 1 N–H and O–H groups in total. The summed E-state index contributed by atoms with van der Waals surface area (Å²) in [5.41, 5.74) is 2.11. The third-order valence-electron chi connectivity index (χ3n) is 3.65. The van der Waals surface area contributed by atoms with Crippen LogP contribution in [0.2, 0.25) is 0 Å². The van der Waals surface area contributed by atoms with E-state index in [1.807, 2.05) is 46.8 Å². The summed E-state index contributed by atoms with van der Waals surface area (Å²) in [6, 6.07) is 12.1. The van der Waals surface area contributed by atoms with Gasteiger partial charge in [-0.3, -0.25) is 4.79 Å². The molecule has 0 atom stereocenters. The van der Waals surface area contributed by atoms with Gasteiger partial charge in [0.2, 0.25) is 5.91 Å². The first-order valence-electron chi connectivity index (χ1n) is 7.24. The normalized spacial score (nSPS) is 10.7. The number of carbonyl (C=O) groups excluding carboxylic acids is 1. The van der Waals surface area contributed by atoms with Gasteiger partial charge in [-0.05, 0) is 23.1 Å². The number of nitrogens with zero attached hydrogens (tertiary/aromatic N) is 1. The molecular formula is C18H18N2OS. The lowest BCUT2D eigenvalue weighted by Gasteiger charge is -2.20. The van der Waals surface area contributed by atoms with Gasteiger partial charge < -0.3 is 9.88 Å². The number of thiophene rings is 1. The highest BCUT2D eigenvalue weighted by atomic mass is 32.1. The molecule has 112 valence electrons. The fourth-order valence-corrected chi connectivity index (χ4v) is 3.27. The van der Waals surface area contributed by atoms with Crippen LogP contribution in [-0.4, -0.2) is 22.3 Å². The zero-order valence-electron chi connectivity index (χ0n) is 12.3. The molecular weight excluding hydrogens is 292 g/mol. The lowest BCUT2D eigenvalue weighted by Crippen LogP contribution is -2.31. The minimum absolute atomic E-state index is 0.123. The van der Waals surface area contributed by atoms with E-state index in [9.17, 15) is 4.79 Å². The van der Waals surface area contributed by atoms with Gasteiger partial charge in [0.05, 0.1) is 13.0 Å². The third kappa shape index (κ3) is 3.12. The van der Waals surface area contributed by atoms with Crippen molar-refractivity contribution in [2.75, 3.05) is 6.54 Å². The summed E-state index contributed by atoms with van der Waals surface area (Å²) in [5.74, 6) is 0.123. The van der Waals surface area contributed by atoms with Gasteiger partial charge in [-0.2, -0.15) is 0 Å². The van der Waals surface area contributed by atoms with E-state index in [0.717, 1.165) is 16.5 Å². The SMILES string of the molecule is C=CCN(Cc1cccs1)C(=O)Cc1c[nH]c2ccccc12. The van der Waals surface area contributed by atoms with E-state index in [-0.39, 0.29) is 5.91 Å². The van der Waals surface area contributed by atoms with Gasteiger partial charge in [-0.25, -0.2) is 0 Å². The summed E-state index contributed by atoms with van der Waals surface area (Å²) in [6.07, 6.45) is 4.11. The number of hydrogen-bond acceptors (Lipinski definition) is 2. The number of H-pyrrole nitrogens is 1. The van der Waals surface area contributed by atoms with Crippen LogP contribution in [0.15, 0.2) is 60.6 Å². The van der Waals surface area contributed by atoms with E-state index in [2.05, 4.69) is 17.6 Å². The largest absolute Gasteiger partial charge is 0.361 e. The van der Waals surface area contributed by atoms with Crippen molar-refractivity contribution in [3.8, 4) is 0 Å². The van der Waals surface area contributed by atoms with Crippen LogP contribution < -0.4 is 0 Å². The molecule has 0 aliphatic rings. The van der Waals surface area contributed by atoms with Crippen molar-refractivity contribution in [2.24, 2.45) is 0 Å². The number of fused-ring (bicyclic) bond motifs is 1. The first-order chi connectivity index (χ1) is 10.8. The van der Waals surface area contributed by atoms with Crippen molar-refractivity contribution in [3.05, 3.63) is 71.1 Å². The molecule has 4 heteroatoms. The van der Waals surface area contributed by atoms with E-state index in [0.29, 0.717) is 19.5 Å². The molecule has 1 amide bonds. The second-order valence-electron chi connectivity index (χ2n) is 5.18. The molecule has 1 aromatic carbocycles. The molecule has 3 rings (SSSR count). The second kappa shape index (κ2) is 6.62. The van der Waals surface area contributed by atoms with Crippen LogP contribution in [0.5, 0.6) is 0 Å². The van der Waals surface area contributed by atoms with Crippen LogP contribution in [0.3, 0.4) is 0 Å². The summed E-state index contributed by atoms with van der Waals surface area (Å²) in [4.78, 5) is 18.9. The Morgan fingerprint density at radius 2 is 2.14 bits per heavy atom. The summed E-state index contributed by atoms with van der Waals surface area (Å²) < 4.78 is 0. The summed E-state index contributed by atoms with van der Waals surface area (Å²) in [5, 5.41) is 3.15. The maximum atomic E-state index is 12.6. The fourth-order valence-electron chi connectivity index (χ4n) is 2.55. The number of rotatable bonds is 6. The Hall–Kier alpha value is -2.33. The number of para-hydroxylation sites is 1. The van der Waals surface area contributed by atoms with Gasteiger partial charge in [-0.15, -0.1) is 17.9 Å². The molecule has 2 heterocycles. The van der Waals surface area contributed by atoms with Crippen molar-refractivity contribution in [1.82, 2.24) is 9.88 Å². The molecule has 3 nitrogen and oxygen atoms in total. The second-order valence-corrected chi connectivity index (χ2v) is 6.21. The van der Waals surface area contributed by atoms with E-state index in [4.69, 9.17) is 0 Å². The van der Waals surface area contributed by atoms with Gasteiger partial charge in [0.25, 0.3) is 0 Å². The van der Waals surface area contributed by atoms with Crippen molar-refractivity contribution in [2.45, 2.75) is 13.0 Å². The van der Waals surface area contributed by atoms with Gasteiger partial charge in [-0.1, -0.05) is 30.3 Å². The number of amides is 1. The molecule has 0 bridgehead atoms. The summed E-state index contributed by atoms with van der Waals surface area (Å²) in [7, 11) is 0. The quantitative estimate of drug-likeness (QED) is 0.687. The predicted octanol–water partition coefficient (Wildman–Crippen LogP) is 3.99. The molecule has 3 aromatic rings. The maximum absolute atomic E-state index is 12.6. The van der Waals surface area contributed by atoms with Crippen molar-refractivity contribution in [3.63, 3.8) is 0 Å². The number of carbonyl (C=O) groups is 1. The highest BCUT2D eigenvalue weighted by molar-refractivity contribution is 7.09. The highest BCUT2D eigenvalue weighted by Gasteiger charge is 2.15. The fraction of sp³-hybridized carbons (Fsp3) is 0.167. The minimum Gasteiger partial charge on any atom is -0.361 e. The number of aromatic amines is 1. The van der Waals surface area contributed by atoms with Crippen LogP contribution in [0, 0.1) is 0 Å². The van der Waals surface area contributed by atoms with Gasteiger partial charge in [0.15, 0.2) is 0 Å². The molecule has 0 spiro atoms. The van der Waals surface area contributed by atoms with Gasteiger partial charge in [0, 0.05) is 28.5 Å². The third-order valence-corrected chi connectivity index (χ3v) is 4.51. The molecule has 0 aliphatic carbocycles. The minimum atomic E-state index is 0.123. The van der Waals surface area contributed by atoms with Crippen LogP contribution in [0.25, 0.3) is 10.9 Å². The first kappa shape index (κ1) is 14.6. The Labute approximate surface area is 133 Å². The average molecular weight is 310 g/mol. The van der Waals surface area contributed by atoms with Crippen LogP contribution in [0.4, 0.5) is 0 Å². The summed E-state index contributed by atoms with van der Waals surface area (Å²) in [6.45, 7) is 4.97. The van der Waals surface area contributed by atoms with Gasteiger partial charge in [0.1, 0.15) is 0 Å². The standard InChI is InChI=1S/C18H18N2OS/c1-2-9-20(13-15-6-5-10-22-15)18(21)11-14-12-19-17-8-4-3-7-16(14)17/h2-8,10,12,19H,1,9,11,13H2. The predicted molar refractivity (Wildman–Crippen MR) is 91.9 cm³/mol. The van der Waals surface area contributed by atoms with Crippen molar-refractivity contribution >= 4 is 28.1 Å². The zero-order chi connectivity index (χ0) is 15.4.